The lowest BCUT2D eigenvalue weighted by molar-refractivity contribution is -0.127. The van der Waals surface area contributed by atoms with Gasteiger partial charge in [0.15, 0.2) is 5.69 Å². The minimum atomic E-state index is -1.24. The van der Waals surface area contributed by atoms with Crippen molar-refractivity contribution in [3.8, 4) is 0 Å². The predicted molar refractivity (Wildman–Crippen MR) is 73.8 cm³/mol. The van der Waals surface area contributed by atoms with Crippen LogP contribution in [-0.2, 0) is 9.59 Å². The van der Waals surface area contributed by atoms with E-state index in [9.17, 15) is 19.5 Å². The molecule has 0 unspecified atom stereocenters. The fraction of sp³-hybridized carbons (Fsp3) is 0.467. The van der Waals surface area contributed by atoms with Gasteiger partial charge in [-0.15, -0.1) is 0 Å². The van der Waals surface area contributed by atoms with E-state index in [-0.39, 0.29) is 29.6 Å². The van der Waals surface area contributed by atoms with Gasteiger partial charge in [-0.2, -0.15) is 0 Å². The first-order chi connectivity index (χ1) is 10.1. The van der Waals surface area contributed by atoms with Crippen molar-refractivity contribution >= 4 is 23.5 Å². The predicted octanol–water partition coefficient (Wildman–Crippen LogP) is 1.99. The van der Waals surface area contributed by atoms with E-state index in [1.165, 1.54) is 18.3 Å². The summed E-state index contributed by atoms with van der Waals surface area (Å²) in [4.78, 5) is 41.1. The first-order valence-corrected chi connectivity index (χ1v) is 7.11. The van der Waals surface area contributed by atoms with E-state index in [1.807, 2.05) is 0 Å². The second kappa shape index (κ2) is 4.95. The van der Waals surface area contributed by atoms with Crippen LogP contribution in [0.4, 0.5) is 5.69 Å². The molecule has 6 heteroatoms. The van der Waals surface area contributed by atoms with Gasteiger partial charge in [-0.1, -0.05) is 19.3 Å². The molecule has 21 heavy (non-hydrogen) atoms. The number of hydrogen-bond acceptors (Lipinski definition) is 4. The topological polar surface area (TPSA) is 87.6 Å². The summed E-state index contributed by atoms with van der Waals surface area (Å²) in [5.74, 6) is -1.82. The van der Waals surface area contributed by atoms with E-state index >= 15 is 0 Å². The molecule has 2 fully saturated rings. The molecule has 110 valence electrons. The molecule has 6 nitrogen and oxygen atoms in total. The van der Waals surface area contributed by atoms with Gasteiger partial charge in [-0.3, -0.25) is 9.59 Å². The van der Waals surface area contributed by atoms with Crippen LogP contribution in [0.25, 0.3) is 0 Å². The number of carboxylic acids is 1. The number of carbonyl (C=O) groups is 3. The van der Waals surface area contributed by atoms with Crippen molar-refractivity contribution in [1.29, 1.82) is 0 Å². The largest absolute Gasteiger partial charge is 0.476 e. The van der Waals surface area contributed by atoms with Crippen LogP contribution >= 0.6 is 0 Å². The normalized spacial score (nSPS) is 21.0. The van der Waals surface area contributed by atoms with Gasteiger partial charge in [0, 0.05) is 12.6 Å². The van der Waals surface area contributed by atoms with Crippen LogP contribution in [-0.4, -0.2) is 27.9 Å². The zero-order valence-corrected chi connectivity index (χ0v) is 11.5. The molecular formula is C15H16N2O4. The van der Waals surface area contributed by atoms with Crippen LogP contribution in [0.3, 0.4) is 0 Å². The van der Waals surface area contributed by atoms with Gasteiger partial charge in [0.1, 0.15) is 0 Å². The van der Waals surface area contributed by atoms with Gasteiger partial charge >= 0.3 is 5.97 Å². The smallest absolute Gasteiger partial charge is 0.356 e. The highest BCUT2D eigenvalue weighted by molar-refractivity contribution is 6.24. The zero-order chi connectivity index (χ0) is 15.0. The third-order valence-electron chi connectivity index (χ3n) is 4.44. The molecule has 2 heterocycles. The Morgan fingerprint density at radius 3 is 2.62 bits per heavy atom. The molecule has 2 aliphatic rings. The van der Waals surface area contributed by atoms with Crippen molar-refractivity contribution < 1.29 is 19.5 Å². The molecular weight excluding hydrogens is 272 g/mol. The lowest BCUT2D eigenvalue weighted by atomic mass is 9.73. The van der Waals surface area contributed by atoms with Crippen molar-refractivity contribution in [2.45, 2.75) is 38.5 Å². The molecule has 0 atom stereocenters. The number of pyridine rings is 1. The molecule has 1 aliphatic carbocycles. The lowest BCUT2D eigenvalue weighted by Gasteiger charge is -2.30. The maximum atomic E-state index is 12.8. The number of aromatic nitrogens is 1. The molecule has 1 N–H and O–H groups in total. The third-order valence-corrected chi connectivity index (χ3v) is 4.44. The number of amides is 2. The van der Waals surface area contributed by atoms with E-state index in [2.05, 4.69) is 4.98 Å². The molecule has 1 aliphatic heterocycles. The molecule has 0 radical (unpaired) electrons. The quantitative estimate of drug-likeness (QED) is 0.841. The minimum Gasteiger partial charge on any atom is -0.476 e. The molecule has 0 bridgehead atoms. The molecule has 1 spiro atoms. The summed E-state index contributed by atoms with van der Waals surface area (Å²) in [6.07, 6.45) is 5.88. The Labute approximate surface area is 121 Å². The van der Waals surface area contributed by atoms with Crippen molar-refractivity contribution in [3.63, 3.8) is 0 Å². The van der Waals surface area contributed by atoms with Crippen molar-refractivity contribution in [1.82, 2.24) is 4.98 Å². The molecule has 1 aromatic rings. The minimum absolute atomic E-state index is 0.0856. The Kier molecular flexibility index (Phi) is 3.23. The first kappa shape index (κ1) is 13.7. The summed E-state index contributed by atoms with van der Waals surface area (Å²) in [6, 6.07) is 3.00. The maximum Gasteiger partial charge on any atom is 0.356 e. The van der Waals surface area contributed by atoms with Crippen LogP contribution in [0.1, 0.15) is 49.0 Å². The Morgan fingerprint density at radius 1 is 1.24 bits per heavy atom. The fourth-order valence-corrected chi connectivity index (χ4v) is 3.40. The molecule has 1 saturated heterocycles. The molecule has 0 aromatic carbocycles. The van der Waals surface area contributed by atoms with E-state index in [1.54, 1.807) is 0 Å². The van der Waals surface area contributed by atoms with Gasteiger partial charge < -0.3 is 5.11 Å². The summed E-state index contributed by atoms with van der Waals surface area (Å²) in [5.41, 5.74) is -0.796. The number of imide groups is 1. The van der Waals surface area contributed by atoms with Gasteiger partial charge in [0.2, 0.25) is 11.8 Å². The van der Waals surface area contributed by atoms with E-state index in [4.69, 9.17) is 0 Å². The van der Waals surface area contributed by atoms with Crippen LogP contribution < -0.4 is 4.90 Å². The highest BCUT2D eigenvalue weighted by atomic mass is 16.4. The second-order valence-electron chi connectivity index (χ2n) is 5.73. The average molecular weight is 288 g/mol. The van der Waals surface area contributed by atoms with Crippen LogP contribution in [0, 0.1) is 5.41 Å². The van der Waals surface area contributed by atoms with Gasteiger partial charge in [0.25, 0.3) is 0 Å². The Balaban J connectivity index is 2.02. The molecule has 3 rings (SSSR count). The number of anilines is 1. The van der Waals surface area contributed by atoms with E-state index in [0.717, 1.165) is 24.2 Å². The van der Waals surface area contributed by atoms with Crippen molar-refractivity contribution in [2.24, 2.45) is 5.41 Å². The second-order valence-corrected chi connectivity index (χ2v) is 5.73. The molecule has 1 aromatic heterocycles. The number of nitrogens with zero attached hydrogens (tertiary/aromatic N) is 2. The van der Waals surface area contributed by atoms with Crippen molar-refractivity contribution in [3.05, 3.63) is 24.0 Å². The fourth-order valence-electron chi connectivity index (χ4n) is 3.40. The van der Waals surface area contributed by atoms with Crippen LogP contribution in [0.15, 0.2) is 18.3 Å². The summed E-state index contributed by atoms with van der Waals surface area (Å²) >= 11 is 0. The summed E-state index contributed by atoms with van der Waals surface area (Å²) < 4.78 is 0. The first-order valence-electron chi connectivity index (χ1n) is 7.11. The number of carboxylic acid groups (broad SMARTS) is 1. The highest BCUT2D eigenvalue weighted by Gasteiger charge is 2.52. The summed E-state index contributed by atoms with van der Waals surface area (Å²) in [6.45, 7) is 0. The standard InChI is InChI=1S/C15H16N2O4/c18-11-9-15(6-2-1-3-7-15)14(21)17(11)10-5-4-8-16-12(10)13(19)20/h4-5,8H,1-3,6-7,9H2,(H,19,20). The third kappa shape index (κ3) is 2.11. The molecule has 2 amide bonds. The van der Waals surface area contributed by atoms with Crippen LogP contribution in [0.2, 0.25) is 0 Å². The highest BCUT2D eigenvalue weighted by Crippen LogP contribution is 2.46. The maximum absolute atomic E-state index is 12.8. The number of aromatic carboxylic acids is 1. The number of carbonyl (C=O) groups excluding carboxylic acids is 2. The van der Waals surface area contributed by atoms with Gasteiger partial charge in [-0.05, 0) is 25.0 Å². The lowest BCUT2D eigenvalue weighted by Crippen LogP contribution is -2.37. The number of hydrogen-bond donors (Lipinski definition) is 1. The van der Waals surface area contributed by atoms with Gasteiger partial charge in [0.05, 0.1) is 11.1 Å². The van der Waals surface area contributed by atoms with Crippen LogP contribution in [0.5, 0.6) is 0 Å². The van der Waals surface area contributed by atoms with Crippen molar-refractivity contribution in [2.75, 3.05) is 4.90 Å². The molecule has 1 saturated carbocycles. The average Bonchev–Trinajstić information content (AvgIpc) is 2.70. The summed E-state index contributed by atoms with van der Waals surface area (Å²) in [5, 5.41) is 9.19. The van der Waals surface area contributed by atoms with Gasteiger partial charge in [-0.25, -0.2) is 14.7 Å². The zero-order valence-electron chi connectivity index (χ0n) is 11.5. The number of rotatable bonds is 2. The Hall–Kier alpha value is -2.24. The monoisotopic (exact) mass is 288 g/mol. The van der Waals surface area contributed by atoms with E-state index < -0.39 is 11.4 Å². The summed E-state index contributed by atoms with van der Waals surface area (Å²) in [7, 11) is 0. The SMILES string of the molecule is O=C(O)c1ncccc1N1C(=O)CC2(CCCCC2)C1=O. The Bertz CT molecular complexity index is 620. The van der Waals surface area contributed by atoms with E-state index in [0.29, 0.717) is 12.8 Å². The Morgan fingerprint density at radius 2 is 1.95 bits per heavy atom.